The SMILES string of the molecule is Cc1cc(=O)c(C(=O)N2CCC(C(=O)O)CC2)c[nH]1. The highest BCUT2D eigenvalue weighted by Gasteiger charge is 2.28. The Morgan fingerprint density at radius 2 is 2.00 bits per heavy atom. The fraction of sp³-hybridized carbons (Fsp3) is 0.462. The van der Waals surface area contributed by atoms with Crippen molar-refractivity contribution in [3.63, 3.8) is 0 Å². The average Bonchev–Trinajstić information content (AvgIpc) is 2.38. The van der Waals surface area contributed by atoms with Crippen LogP contribution in [0.1, 0.15) is 28.9 Å². The summed E-state index contributed by atoms with van der Waals surface area (Å²) in [6.07, 6.45) is 2.29. The van der Waals surface area contributed by atoms with Crippen LogP contribution in [0.4, 0.5) is 0 Å². The Hall–Kier alpha value is -2.11. The summed E-state index contributed by atoms with van der Waals surface area (Å²) in [6, 6.07) is 1.39. The van der Waals surface area contributed by atoms with Crippen LogP contribution in [0.5, 0.6) is 0 Å². The third kappa shape index (κ3) is 2.83. The van der Waals surface area contributed by atoms with E-state index < -0.39 is 5.97 Å². The van der Waals surface area contributed by atoms with Gasteiger partial charge in [0.1, 0.15) is 5.56 Å². The summed E-state index contributed by atoms with van der Waals surface area (Å²) in [5.41, 5.74) is 0.507. The van der Waals surface area contributed by atoms with Gasteiger partial charge in [0, 0.05) is 31.0 Å². The topological polar surface area (TPSA) is 90.5 Å². The number of rotatable bonds is 2. The van der Waals surface area contributed by atoms with E-state index in [1.54, 1.807) is 11.8 Å². The number of carboxylic acid groups (broad SMARTS) is 1. The standard InChI is InChI=1S/C13H16N2O4/c1-8-6-11(16)10(7-14-8)12(17)15-4-2-9(3-5-15)13(18)19/h6-7,9H,2-5H2,1H3,(H,14,16)(H,18,19). The van der Waals surface area contributed by atoms with Crippen molar-refractivity contribution in [2.45, 2.75) is 19.8 Å². The van der Waals surface area contributed by atoms with Gasteiger partial charge < -0.3 is 15.0 Å². The second kappa shape index (κ2) is 5.26. The normalized spacial score (nSPS) is 16.4. The number of carbonyl (C=O) groups excluding carboxylic acids is 1. The van der Waals surface area contributed by atoms with Crippen molar-refractivity contribution in [2.75, 3.05) is 13.1 Å². The number of carboxylic acids is 1. The Morgan fingerprint density at radius 1 is 1.37 bits per heavy atom. The number of piperidine rings is 1. The number of hydrogen-bond acceptors (Lipinski definition) is 3. The Morgan fingerprint density at radius 3 is 2.53 bits per heavy atom. The van der Waals surface area contributed by atoms with Crippen LogP contribution in [0.2, 0.25) is 0 Å². The molecule has 2 N–H and O–H groups in total. The lowest BCUT2D eigenvalue weighted by atomic mass is 9.97. The van der Waals surface area contributed by atoms with Crippen LogP contribution in [-0.2, 0) is 4.79 Å². The first kappa shape index (κ1) is 13.3. The number of aliphatic carboxylic acids is 1. The van der Waals surface area contributed by atoms with Gasteiger partial charge in [-0.05, 0) is 19.8 Å². The summed E-state index contributed by atoms with van der Waals surface area (Å²) >= 11 is 0. The molecule has 6 nitrogen and oxygen atoms in total. The Kier molecular flexibility index (Phi) is 3.69. The number of H-pyrrole nitrogens is 1. The molecule has 0 aliphatic carbocycles. The Bertz CT molecular complexity index is 556. The molecule has 0 aromatic carbocycles. The molecular formula is C13H16N2O4. The molecule has 0 saturated carbocycles. The molecule has 19 heavy (non-hydrogen) atoms. The summed E-state index contributed by atoms with van der Waals surface area (Å²) in [7, 11) is 0. The third-order valence-electron chi connectivity index (χ3n) is 3.42. The molecule has 1 aromatic rings. The van der Waals surface area contributed by atoms with Gasteiger partial charge >= 0.3 is 5.97 Å². The summed E-state index contributed by atoms with van der Waals surface area (Å²) in [4.78, 5) is 39.1. The van der Waals surface area contributed by atoms with Gasteiger partial charge in [-0.25, -0.2) is 0 Å². The summed E-state index contributed by atoms with van der Waals surface area (Å²) < 4.78 is 0. The van der Waals surface area contributed by atoms with Crippen LogP contribution in [-0.4, -0.2) is 40.0 Å². The van der Waals surface area contributed by atoms with Crippen LogP contribution in [0, 0.1) is 12.8 Å². The van der Waals surface area contributed by atoms with Crippen LogP contribution in [0.15, 0.2) is 17.1 Å². The van der Waals surface area contributed by atoms with Gasteiger partial charge in [-0.3, -0.25) is 14.4 Å². The van der Waals surface area contributed by atoms with Gasteiger partial charge in [0.2, 0.25) is 0 Å². The van der Waals surface area contributed by atoms with E-state index in [-0.39, 0.29) is 22.8 Å². The molecule has 1 fully saturated rings. The summed E-state index contributed by atoms with van der Waals surface area (Å²) in [5.74, 6) is -1.54. The monoisotopic (exact) mass is 264 g/mol. The maximum atomic E-state index is 12.2. The lowest BCUT2D eigenvalue weighted by molar-refractivity contribution is -0.143. The molecule has 0 unspecified atom stereocenters. The lowest BCUT2D eigenvalue weighted by Crippen LogP contribution is -2.41. The van der Waals surface area contributed by atoms with Gasteiger partial charge in [-0.2, -0.15) is 0 Å². The van der Waals surface area contributed by atoms with Crippen LogP contribution in [0.3, 0.4) is 0 Å². The third-order valence-corrected chi connectivity index (χ3v) is 3.42. The van der Waals surface area contributed by atoms with Crippen molar-refractivity contribution >= 4 is 11.9 Å². The largest absolute Gasteiger partial charge is 0.481 e. The predicted octanol–water partition coefficient (Wildman–Crippen LogP) is 0.620. The van der Waals surface area contributed by atoms with E-state index in [0.717, 1.165) is 0 Å². The number of nitrogens with one attached hydrogen (secondary N) is 1. The second-order valence-electron chi connectivity index (χ2n) is 4.80. The van der Waals surface area contributed by atoms with Gasteiger partial charge in [0.25, 0.3) is 5.91 Å². The van der Waals surface area contributed by atoms with Gasteiger partial charge in [0.05, 0.1) is 5.92 Å². The van der Waals surface area contributed by atoms with Crippen LogP contribution < -0.4 is 5.43 Å². The zero-order chi connectivity index (χ0) is 14.0. The number of pyridine rings is 1. The highest BCUT2D eigenvalue weighted by Crippen LogP contribution is 2.18. The van der Waals surface area contributed by atoms with Gasteiger partial charge in [-0.1, -0.05) is 0 Å². The first-order valence-electron chi connectivity index (χ1n) is 6.20. The number of likely N-dealkylation sites (tertiary alicyclic amines) is 1. The molecule has 6 heteroatoms. The van der Waals surface area contributed by atoms with Crippen molar-refractivity contribution in [3.8, 4) is 0 Å². The molecule has 1 aliphatic heterocycles. The minimum Gasteiger partial charge on any atom is -0.481 e. The maximum absolute atomic E-state index is 12.2. The molecule has 1 amide bonds. The highest BCUT2D eigenvalue weighted by atomic mass is 16.4. The molecule has 2 heterocycles. The number of aromatic nitrogens is 1. The minimum absolute atomic E-state index is 0.111. The minimum atomic E-state index is -0.819. The predicted molar refractivity (Wildman–Crippen MR) is 68.1 cm³/mol. The molecule has 102 valence electrons. The molecule has 0 spiro atoms. The zero-order valence-corrected chi connectivity index (χ0v) is 10.7. The lowest BCUT2D eigenvalue weighted by Gasteiger charge is -2.29. The fourth-order valence-electron chi connectivity index (χ4n) is 2.24. The summed E-state index contributed by atoms with van der Waals surface area (Å²) in [6.45, 7) is 2.50. The van der Waals surface area contributed by atoms with Gasteiger partial charge in [-0.15, -0.1) is 0 Å². The molecule has 0 radical (unpaired) electrons. The first-order chi connectivity index (χ1) is 8.99. The molecule has 1 saturated heterocycles. The van der Waals surface area contributed by atoms with Crippen molar-refractivity contribution in [3.05, 3.63) is 33.7 Å². The average molecular weight is 264 g/mol. The Labute approximate surface area is 110 Å². The molecule has 0 atom stereocenters. The highest BCUT2D eigenvalue weighted by molar-refractivity contribution is 5.94. The molecule has 1 aromatic heterocycles. The van der Waals surface area contributed by atoms with E-state index in [1.165, 1.54) is 12.3 Å². The number of aryl methyl sites for hydroxylation is 1. The number of amides is 1. The zero-order valence-electron chi connectivity index (χ0n) is 10.7. The van der Waals surface area contributed by atoms with E-state index in [0.29, 0.717) is 31.6 Å². The Balaban J connectivity index is 2.09. The maximum Gasteiger partial charge on any atom is 0.306 e. The fourth-order valence-corrected chi connectivity index (χ4v) is 2.24. The van der Waals surface area contributed by atoms with E-state index in [2.05, 4.69) is 4.98 Å². The van der Waals surface area contributed by atoms with E-state index in [4.69, 9.17) is 5.11 Å². The quantitative estimate of drug-likeness (QED) is 0.819. The van der Waals surface area contributed by atoms with E-state index in [9.17, 15) is 14.4 Å². The van der Waals surface area contributed by atoms with Crippen LogP contribution >= 0.6 is 0 Å². The van der Waals surface area contributed by atoms with E-state index in [1.807, 2.05) is 0 Å². The van der Waals surface area contributed by atoms with E-state index >= 15 is 0 Å². The van der Waals surface area contributed by atoms with Crippen molar-refractivity contribution in [2.24, 2.45) is 5.92 Å². The number of nitrogens with zero attached hydrogens (tertiary/aromatic N) is 1. The van der Waals surface area contributed by atoms with Gasteiger partial charge in [0.15, 0.2) is 5.43 Å². The number of aromatic amines is 1. The second-order valence-corrected chi connectivity index (χ2v) is 4.80. The smallest absolute Gasteiger partial charge is 0.306 e. The number of carbonyl (C=O) groups is 2. The summed E-state index contributed by atoms with van der Waals surface area (Å²) in [5, 5.41) is 8.90. The van der Waals surface area contributed by atoms with Crippen molar-refractivity contribution in [1.82, 2.24) is 9.88 Å². The van der Waals surface area contributed by atoms with Crippen molar-refractivity contribution < 1.29 is 14.7 Å². The molecular weight excluding hydrogens is 248 g/mol. The molecule has 2 rings (SSSR count). The van der Waals surface area contributed by atoms with Crippen LogP contribution in [0.25, 0.3) is 0 Å². The molecule has 1 aliphatic rings. The molecule has 0 bridgehead atoms. The van der Waals surface area contributed by atoms with Crippen molar-refractivity contribution in [1.29, 1.82) is 0 Å². The first-order valence-corrected chi connectivity index (χ1v) is 6.20. The number of hydrogen-bond donors (Lipinski definition) is 2.